The summed E-state index contributed by atoms with van der Waals surface area (Å²) in [5.74, 6) is -0.453. The molecular weight excluding hydrogens is 220 g/mol. The monoisotopic (exact) mass is 232 g/mol. The summed E-state index contributed by atoms with van der Waals surface area (Å²) in [6, 6.07) is 4.93. The maximum atomic E-state index is 11.6. The average molecular weight is 232 g/mol. The van der Waals surface area contributed by atoms with Crippen LogP contribution < -0.4 is 10.2 Å². The van der Waals surface area contributed by atoms with Gasteiger partial charge in [-0.1, -0.05) is 0 Å². The first-order chi connectivity index (χ1) is 7.99. The van der Waals surface area contributed by atoms with E-state index in [0.29, 0.717) is 16.9 Å². The normalized spacial score (nSPS) is 13.5. The second-order valence-electron chi connectivity index (χ2n) is 3.94. The predicted molar refractivity (Wildman–Crippen MR) is 63.1 cm³/mol. The molecule has 0 radical (unpaired) electrons. The molecule has 0 fully saturated rings. The van der Waals surface area contributed by atoms with Crippen molar-refractivity contribution in [3.8, 4) is 0 Å². The van der Waals surface area contributed by atoms with Crippen LogP contribution in [-0.4, -0.2) is 24.1 Å². The Morgan fingerprint density at radius 1 is 1.29 bits per heavy atom. The van der Waals surface area contributed by atoms with E-state index in [2.05, 4.69) is 5.32 Å². The van der Waals surface area contributed by atoms with Crippen LogP contribution in [0.25, 0.3) is 0 Å². The van der Waals surface area contributed by atoms with Gasteiger partial charge in [-0.25, -0.2) is 0 Å². The van der Waals surface area contributed by atoms with Crippen LogP contribution in [0.4, 0.5) is 11.4 Å². The van der Waals surface area contributed by atoms with Crippen LogP contribution in [0.15, 0.2) is 18.2 Å². The summed E-state index contributed by atoms with van der Waals surface area (Å²) in [4.78, 5) is 35.3. The molecule has 2 amide bonds. The second-order valence-corrected chi connectivity index (χ2v) is 3.94. The molecule has 0 saturated heterocycles. The Morgan fingerprint density at radius 3 is 2.59 bits per heavy atom. The molecule has 0 aromatic heterocycles. The van der Waals surface area contributed by atoms with Crippen molar-refractivity contribution in [2.75, 3.05) is 16.8 Å². The number of carbonyl (C=O) groups is 3. The molecule has 1 N–H and O–H groups in total. The summed E-state index contributed by atoms with van der Waals surface area (Å²) in [6.45, 7) is 2.89. The van der Waals surface area contributed by atoms with E-state index in [9.17, 15) is 14.4 Å². The molecule has 88 valence electrons. The largest absolute Gasteiger partial charge is 0.326 e. The van der Waals surface area contributed by atoms with Gasteiger partial charge in [0.15, 0.2) is 5.78 Å². The van der Waals surface area contributed by atoms with E-state index in [1.807, 2.05) is 0 Å². The van der Waals surface area contributed by atoms with Gasteiger partial charge in [0.25, 0.3) is 0 Å². The van der Waals surface area contributed by atoms with Gasteiger partial charge < -0.3 is 10.2 Å². The minimum Gasteiger partial charge on any atom is -0.326 e. The van der Waals surface area contributed by atoms with Crippen molar-refractivity contribution in [1.29, 1.82) is 0 Å². The second kappa shape index (κ2) is 4.01. The van der Waals surface area contributed by atoms with Gasteiger partial charge in [0, 0.05) is 25.1 Å². The van der Waals surface area contributed by atoms with E-state index in [1.165, 1.54) is 18.7 Å². The van der Waals surface area contributed by atoms with Gasteiger partial charge in [-0.15, -0.1) is 0 Å². The highest BCUT2D eigenvalue weighted by atomic mass is 16.2. The molecule has 5 nitrogen and oxygen atoms in total. The number of carbonyl (C=O) groups excluding carboxylic acids is 3. The molecule has 5 heteroatoms. The standard InChI is InChI=1S/C12H12N2O3/c1-7(15)13-9-3-4-10-11(5-9)14(8(2)16)6-12(10)17/h3-5H,6H2,1-2H3,(H,13,15). The maximum absolute atomic E-state index is 11.6. The summed E-state index contributed by atoms with van der Waals surface area (Å²) in [5.41, 5.74) is 1.67. The van der Waals surface area contributed by atoms with Crippen molar-refractivity contribution in [2.45, 2.75) is 13.8 Å². The van der Waals surface area contributed by atoms with Crippen LogP contribution in [0.2, 0.25) is 0 Å². The fourth-order valence-corrected chi connectivity index (χ4v) is 1.87. The lowest BCUT2D eigenvalue weighted by Gasteiger charge is -2.14. The average Bonchev–Trinajstić information content (AvgIpc) is 2.55. The number of ketones is 1. The van der Waals surface area contributed by atoms with Gasteiger partial charge in [0.2, 0.25) is 11.8 Å². The Balaban J connectivity index is 2.43. The first kappa shape index (κ1) is 11.3. The molecule has 2 rings (SSSR count). The fourth-order valence-electron chi connectivity index (χ4n) is 1.87. The zero-order chi connectivity index (χ0) is 12.6. The Kier molecular flexibility index (Phi) is 2.67. The van der Waals surface area contributed by atoms with Gasteiger partial charge in [0.1, 0.15) is 0 Å². The number of hydrogen-bond donors (Lipinski definition) is 1. The molecule has 1 aromatic rings. The Hall–Kier alpha value is -2.17. The highest BCUT2D eigenvalue weighted by molar-refractivity contribution is 6.15. The highest BCUT2D eigenvalue weighted by Crippen LogP contribution is 2.30. The predicted octanol–water partition coefficient (Wildman–Crippen LogP) is 1.19. The number of rotatable bonds is 1. The van der Waals surface area contributed by atoms with Crippen molar-refractivity contribution < 1.29 is 14.4 Å². The smallest absolute Gasteiger partial charge is 0.224 e. The zero-order valence-corrected chi connectivity index (χ0v) is 9.61. The minimum absolute atomic E-state index is 0.0776. The first-order valence-electron chi connectivity index (χ1n) is 5.22. The Labute approximate surface area is 98.4 Å². The molecule has 1 aliphatic heterocycles. The number of anilines is 2. The molecule has 0 unspecified atom stereocenters. The van der Waals surface area contributed by atoms with E-state index >= 15 is 0 Å². The van der Waals surface area contributed by atoms with Crippen molar-refractivity contribution in [1.82, 2.24) is 0 Å². The lowest BCUT2D eigenvalue weighted by atomic mass is 10.1. The van der Waals surface area contributed by atoms with E-state index in [-0.39, 0.29) is 24.1 Å². The molecule has 0 spiro atoms. The SMILES string of the molecule is CC(=O)Nc1ccc2c(c1)N(C(C)=O)CC2=O. The summed E-state index contributed by atoms with van der Waals surface area (Å²) < 4.78 is 0. The number of hydrogen-bond acceptors (Lipinski definition) is 3. The molecule has 1 heterocycles. The lowest BCUT2D eigenvalue weighted by molar-refractivity contribution is -0.116. The highest BCUT2D eigenvalue weighted by Gasteiger charge is 2.29. The van der Waals surface area contributed by atoms with Gasteiger partial charge in [-0.05, 0) is 18.2 Å². The minimum atomic E-state index is -0.191. The number of Topliss-reactive ketones (excluding diaryl/α,β-unsaturated/α-hetero) is 1. The number of benzene rings is 1. The third-order valence-corrected chi connectivity index (χ3v) is 2.59. The lowest BCUT2D eigenvalue weighted by Crippen LogP contribution is -2.27. The van der Waals surface area contributed by atoms with E-state index in [1.54, 1.807) is 18.2 Å². The van der Waals surface area contributed by atoms with Crippen LogP contribution in [0.3, 0.4) is 0 Å². The van der Waals surface area contributed by atoms with Gasteiger partial charge in [-0.2, -0.15) is 0 Å². The van der Waals surface area contributed by atoms with Crippen LogP contribution in [0.1, 0.15) is 24.2 Å². The van der Waals surface area contributed by atoms with Crippen LogP contribution in [0, 0.1) is 0 Å². The molecule has 0 bridgehead atoms. The van der Waals surface area contributed by atoms with Crippen molar-refractivity contribution in [3.05, 3.63) is 23.8 Å². The van der Waals surface area contributed by atoms with E-state index in [4.69, 9.17) is 0 Å². The van der Waals surface area contributed by atoms with E-state index < -0.39 is 0 Å². The van der Waals surface area contributed by atoms with Crippen molar-refractivity contribution in [2.24, 2.45) is 0 Å². The van der Waals surface area contributed by atoms with Gasteiger partial charge in [-0.3, -0.25) is 14.4 Å². The third kappa shape index (κ3) is 2.04. The van der Waals surface area contributed by atoms with Gasteiger partial charge in [0.05, 0.1) is 12.2 Å². The summed E-state index contributed by atoms with van der Waals surface area (Å²) in [5, 5.41) is 2.62. The summed E-state index contributed by atoms with van der Waals surface area (Å²) in [6.07, 6.45) is 0. The molecule has 0 atom stereocenters. The number of nitrogens with zero attached hydrogens (tertiary/aromatic N) is 1. The molecule has 0 saturated carbocycles. The van der Waals surface area contributed by atoms with E-state index in [0.717, 1.165) is 0 Å². The molecular formula is C12H12N2O3. The van der Waals surface area contributed by atoms with Crippen LogP contribution >= 0.6 is 0 Å². The fraction of sp³-hybridized carbons (Fsp3) is 0.250. The molecule has 0 aliphatic carbocycles. The van der Waals surface area contributed by atoms with Crippen LogP contribution in [-0.2, 0) is 9.59 Å². The van der Waals surface area contributed by atoms with Crippen molar-refractivity contribution in [3.63, 3.8) is 0 Å². The topological polar surface area (TPSA) is 66.5 Å². The Morgan fingerprint density at radius 2 is 2.00 bits per heavy atom. The molecule has 1 aromatic carbocycles. The summed E-state index contributed by atoms with van der Waals surface area (Å²) >= 11 is 0. The van der Waals surface area contributed by atoms with Crippen LogP contribution in [0.5, 0.6) is 0 Å². The van der Waals surface area contributed by atoms with Crippen molar-refractivity contribution >= 4 is 29.0 Å². The molecule has 1 aliphatic rings. The Bertz CT molecular complexity index is 522. The summed E-state index contributed by atoms with van der Waals surface area (Å²) in [7, 11) is 0. The number of fused-ring (bicyclic) bond motifs is 1. The maximum Gasteiger partial charge on any atom is 0.224 e. The number of amides is 2. The molecule has 17 heavy (non-hydrogen) atoms. The quantitative estimate of drug-likeness (QED) is 0.791. The third-order valence-electron chi connectivity index (χ3n) is 2.59. The first-order valence-corrected chi connectivity index (χ1v) is 5.22. The number of nitrogens with one attached hydrogen (secondary N) is 1. The van der Waals surface area contributed by atoms with Gasteiger partial charge >= 0.3 is 0 Å². The zero-order valence-electron chi connectivity index (χ0n) is 9.61.